The van der Waals surface area contributed by atoms with Gasteiger partial charge in [-0.3, -0.25) is 0 Å². The fourth-order valence-electron chi connectivity index (χ4n) is 2.77. The van der Waals surface area contributed by atoms with Crippen LogP contribution in [0.5, 0.6) is 0 Å². The summed E-state index contributed by atoms with van der Waals surface area (Å²) in [6, 6.07) is 8.53. The lowest BCUT2D eigenvalue weighted by molar-refractivity contribution is 0.455. The van der Waals surface area contributed by atoms with Gasteiger partial charge < -0.3 is 0 Å². The molecular weight excluding hydrogens is 226 g/mol. The highest BCUT2D eigenvalue weighted by molar-refractivity contribution is 7.18. The smallest absolute Gasteiger partial charge is 0.0969 e. The van der Waals surface area contributed by atoms with Crippen LogP contribution in [0, 0.1) is 0 Å². The molecule has 1 saturated carbocycles. The molecule has 1 aliphatic carbocycles. The largest absolute Gasteiger partial charge is 0.241 e. The Kier molecular flexibility index (Phi) is 3.41. The number of thiazole rings is 1. The van der Waals surface area contributed by atoms with Crippen molar-refractivity contribution in [3.8, 4) is 0 Å². The molecule has 0 unspecified atom stereocenters. The Morgan fingerprint density at radius 1 is 0.941 bits per heavy atom. The van der Waals surface area contributed by atoms with Crippen LogP contribution in [0.15, 0.2) is 24.3 Å². The highest BCUT2D eigenvalue weighted by atomic mass is 32.1. The maximum Gasteiger partial charge on any atom is 0.0969 e. The molecule has 90 valence electrons. The monoisotopic (exact) mass is 245 g/mol. The number of benzene rings is 1. The van der Waals surface area contributed by atoms with E-state index < -0.39 is 0 Å². The third kappa shape index (κ3) is 2.52. The van der Waals surface area contributed by atoms with Crippen molar-refractivity contribution in [2.24, 2.45) is 0 Å². The van der Waals surface area contributed by atoms with Gasteiger partial charge in [-0.15, -0.1) is 11.3 Å². The molecule has 0 N–H and O–H groups in total. The second-order valence-electron chi connectivity index (χ2n) is 5.06. The van der Waals surface area contributed by atoms with E-state index in [9.17, 15) is 0 Å². The van der Waals surface area contributed by atoms with Gasteiger partial charge in [0.1, 0.15) is 0 Å². The molecular formula is C15H19NS. The van der Waals surface area contributed by atoms with Crippen molar-refractivity contribution in [3.05, 3.63) is 29.3 Å². The summed E-state index contributed by atoms with van der Waals surface area (Å²) in [6.45, 7) is 0. The van der Waals surface area contributed by atoms with Crippen molar-refractivity contribution in [2.45, 2.75) is 50.9 Å². The molecule has 0 aliphatic heterocycles. The normalized spacial score (nSPS) is 19.1. The molecule has 0 bridgehead atoms. The van der Waals surface area contributed by atoms with Gasteiger partial charge in [0.15, 0.2) is 0 Å². The van der Waals surface area contributed by atoms with Gasteiger partial charge in [0, 0.05) is 5.92 Å². The topological polar surface area (TPSA) is 12.9 Å². The summed E-state index contributed by atoms with van der Waals surface area (Å²) in [5.41, 5.74) is 1.19. The predicted octanol–water partition coefficient (Wildman–Crippen LogP) is 5.12. The van der Waals surface area contributed by atoms with Crippen molar-refractivity contribution >= 4 is 21.6 Å². The summed E-state index contributed by atoms with van der Waals surface area (Å²) in [6.07, 6.45) is 9.75. The summed E-state index contributed by atoms with van der Waals surface area (Å²) in [5.74, 6) is 0.729. The first-order valence-corrected chi connectivity index (χ1v) is 7.60. The van der Waals surface area contributed by atoms with Crippen LogP contribution in [0.2, 0.25) is 0 Å². The van der Waals surface area contributed by atoms with E-state index in [0.717, 1.165) is 5.92 Å². The van der Waals surface area contributed by atoms with E-state index in [2.05, 4.69) is 24.3 Å². The van der Waals surface area contributed by atoms with Crippen LogP contribution in [-0.4, -0.2) is 4.98 Å². The molecule has 2 heteroatoms. The van der Waals surface area contributed by atoms with E-state index in [1.165, 1.54) is 60.2 Å². The molecule has 0 saturated heterocycles. The Bertz CT molecular complexity index is 447. The highest BCUT2D eigenvalue weighted by Crippen LogP contribution is 2.35. The molecule has 1 heterocycles. The molecule has 3 rings (SSSR count). The van der Waals surface area contributed by atoms with Crippen LogP contribution < -0.4 is 0 Å². The van der Waals surface area contributed by atoms with Crippen molar-refractivity contribution < 1.29 is 0 Å². The zero-order valence-electron chi connectivity index (χ0n) is 10.2. The van der Waals surface area contributed by atoms with Crippen molar-refractivity contribution in [3.63, 3.8) is 0 Å². The molecule has 1 aromatic carbocycles. The molecule has 1 fully saturated rings. The fraction of sp³-hybridized carbons (Fsp3) is 0.533. The van der Waals surface area contributed by atoms with Gasteiger partial charge in [0.25, 0.3) is 0 Å². The molecule has 1 nitrogen and oxygen atoms in total. The number of rotatable bonds is 1. The van der Waals surface area contributed by atoms with Crippen LogP contribution in [0.25, 0.3) is 10.2 Å². The summed E-state index contributed by atoms with van der Waals surface area (Å²) < 4.78 is 1.35. The Morgan fingerprint density at radius 2 is 1.65 bits per heavy atom. The van der Waals surface area contributed by atoms with Crippen LogP contribution in [0.4, 0.5) is 0 Å². The third-order valence-electron chi connectivity index (χ3n) is 3.76. The van der Waals surface area contributed by atoms with Crippen molar-refractivity contribution in [1.82, 2.24) is 4.98 Å². The Balaban J connectivity index is 1.85. The number of hydrogen-bond acceptors (Lipinski definition) is 2. The van der Waals surface area contributed by atoms with Crippen LogP contribution in [-0.2, 0) is 0 Å². The molecule has 0 amide bonds. The third-order valence-corrected chi connectivity index (χ3v) is 4.96. The average molecular weight is 245 g/mol. The second kappa shape index (κ2) is 5.18. The zero-order valence-corrected chi connectivity index (χ0v) is 11.0. The van der Waals surface area contributed by atoms with Gasteiger partial charge in [-0.05, 0) is 25.0 Å². The van der Waals surface area contributed by atoms with Crippen LogP contribution >= 0.6 is 11.3 Å². The Hall–Kier alpha value is -0.890. The minimum Gasteiger partial charge on any atom is -0.241 e. The number of fused-ring (bicyclic) bond motifs is 1. The number of hydrogen-bond donors (Lipinski definition) is 0. The van der Waals surface area contributed by atoms with E-state index in [0.29, 0.717) is 0 Å². The molecule has 1 aliphatic rings. The number of nitrogens with zero attached hydrogens (tertiary/aromatic N) is 1. The maximum absolute atomic E-state index is 4.83. The lowest BCUT2D eigenvalue weighted by Gasteiger charge is -2.16. The standard InChI is InChI=1S/C15H19NS/c1-2-4-8-12(9-5-3-1)15-16-13-10-6-7-11-14(13)17-15/h6-7,10-12H,1-5,8-9H2. The van der Waals surface area contributed by atoms with Crippen molar-refractivity contribution in [1.29, 1.82) is 0 Å². The second-order valence-corrected chi connectivity index (χ2v) is 6.12. The van der Waals surface area contributed by atoms with Crippen LogP contribution in [0.3, 0.4) is 0 Å². The van der Waals surface area contributed by atoms with Gasteiger partial charge >= 0.3 is 0 Å². The van der Waals surface area contributed by atoms with E-state index in [1.54, 1.807) is 0 Å². The molecule has 0 atom stereocenters. The van der Waals surface area contributed by atoms with Gasteiger partial charge in [0.05, 0.1) is 15.2 Å². The van der Waals surface area contributed by atoms with Gasteiger partial charge in [-0.25, -0.2) is 4.98 Å². The zero-order chi connectivity index (χ0) is 11.5. The lowest BCUT2D eigenvalue weighted by atomic mass is 9.92. The molecule has 2 aromatic rings. The van der Waals surface area contributed by atoms with E-state index in [1.807, 2.05) is 11.3 Å². The minimum atomic E-state index is 0.729. The lowest BCUT2D eigenvalue weighted by Crippen LogP contribution is -2.01. The molecule has 0 radical (unpaired) electrons. The Labute approximate surface area is 107 Å². The SMILES string of the molecule is c1ccc2sc(C3CCCCCCC3)nc2c1. The van der Waals surface area contributed by atoms with Crippen LogP contribution in [0.1, 0.15) is 55.9 Å². The summed E-state index contributed by atoms with van der Waals surface area (Å²) in [7, 11) is 0. The number of aromatic nitrogens is 1. The maximum atomic E-state index is 4.83. The Morgan fingerprint density at radius 3 is 2.41 bits per heavy atom. The summed E-state index contributed by atoms with van der Waals surface area (Å²) >= 11 is 1.91. The van der Waals surface area contributed by atoms with Gasteiger partial charge in [-0.1, -0.05) is 44.2 Å². The van der Waals surface area contributed by atoms with E-state index in [-0.39, 0.29) is 0 Å². The minimum absolute atomic E-state index is 0.729. The van der Waals surface area contributed by atoms with Gasteiger partial charge in [-0.2, -0.15) is 0 Å². The molecule has 0 spiro atoms. The average Bonchev–Trinajstić information content (AvgIpc) is 2.71. The fourth-order valence-corrected chi connectivity index (χ4v) is 3.90. The van der Waals surface area contributed by atoms with Gasteiger partial charge in [0.2, 0.25) is 0 Å². The van der Waals surface area contributed by atoms with E-state index in [4.69, 9.17) is 4.98 Å². The summed E-state index contributed by atoms with van der Waals surface area (Å²) in [5, 5.41) is 1.38. The predicted molar refractivity (Wildman–Crippen MR) is 74.7 cm³/mol. The van der Waals surface area contributed by atoms with Crippen molar-refractivity contribution in [2.75, 3.05) is 0 Å². The molecule has 1 aromatic heterocycles. The van der Waals surface area contributed by atoms with E-state index >= 15 is 0 Å². The highest BCUT2D eigenvalue weighted by Gasteiger charge is 2.17. The quantitative estimate of drug-likeness (QED) is 0.679. The summed E-state index contributed by atoms with van der Waals surface area (Å²) in [4.78, 5) is 4.83. The first-order valence-electron chi connectivity index (χ1n) is 6.79. The first-order chi connectivity index (χ1) is 8.43. The molecule has 17 heavy (non-hydrogen) atoms. The number of para-hydroxylation sites is 1. The first kappa shape index (κ1) is 11.2.